The molecular weight excluding hydrogens is 196 g/mol. The van der Waals surface area contributed by atoms with Crippen molar-refractivity contribution in [1.82, 2.24) is 9.38 Å². The highest BCUT2D eigenvalue weighted by Gasteiger charge is 2.21. The van der Waals surface area contributed by atoms with Crippen LogP contribution in [0.1, 0.15) is 49.9 Å². The van der Waals surface area contributed by atoms with Gasteiger partial charge in [0.15, 0.2) is 0 Å². The molecule has 0 bridgehead atoms. The van der Waals surface area contributed by atoms with Crippen molar-refractivity contribution < 1.29 is 0 Å². The fourth-order valence-corrected chi connectivity index (χ4v) is 2.53. The number of nitrogens with zero attached hydrogens (tertiary/aromatic N) is 2. The van der Waals surface area contributed by atoms with E-state index in [0.29, 0.717) is 0 Å². The highest BCUT2D eigenvalue weighted by Crippen LogP contribution is 2.33. The Kier molecular flexibility index (Phi) is 2.99. The third-order valence-electron chi connectivity index (χ3n) is 3.33. The highest BCUT2D eigenvalue weighted by molar-refractivity contribution is 5.52. The molecule has 0 fully saturated rings. The maximum Gasteiger partial charge on any atom is 0.139 e. The van der Waals surface area contributed by atoms with Crippen molar-refractivity contribution in [3.05, 3.63) is 35.3 Å². The molecular formula is C14H20N2. The van der Waals surface area contributed by atoms with E-state index < -0.39 is 0 Å². The zero-order valence-electron chi connectivity index (χ0n) is 10.6. The molecule has 1 atom stereocenters. The molecule has 0 N–H and O–H groups in total. The van der Waals surface area contributed by atoms with E-state index in [2.05, 4.69) is 35.5 Å². The maximum absolute atomic E-state index is 4.38. The molecule has 0 saturated heterocycles. The minimum absolute atomic E-state index is 0.718. The number of aryl methyl sites for hydroxylation is 2. The van der Waals surface area contributed by atoms with Gasteiger partial charge in [-0.15, -0.1) is 0 Å². The van der Waals surface area contributed by atoms with Crippen molar-refractivity contribution in [2.24, 2.45) is 0 Å². The summed E-state index contributed by atoms with van der Waals surface area (Å²) in [5, 5.41) is 0. The van der Waals surface area contributed by atoms with E-state index in [0.717, 1.165) is 11.6 Å². The summed E-state index contributed by atoms with van der Waals surface area (Å²) in [7, 11) is 0. The van der Waals surface area contributed by atoms with Crippen LogP contribution in [0.25, 0.3) is 5.65 Å². The Morgan fingerprint density at radius 3 is 2.88 bits per heavy atom. The first kappa shape index (κ1) is 11.2. The van der Waals surface area contributed by atoms with Gasteiger partial charge in [0, 0.05) is 18.1 Å². The second-order valence-electron chi connectivity index (χ2n) is 4.29. The molecule has 3 rings (SSSR count). The van der Waals surface area contributed by atoms with Crippen LogP contribution in [0.2, 0.25) is 0 Å². The number of rotatable bonds is 0. The Balaban J connectivity index is 0.000000457. The van der Waals surface area contributed by atoms with Crippen LogP contribution in [0.3, 0.4) is 0 Å². The predicted molar refractivity (Wildman–Crippen MR) is 68.0 cm³/mol. The quantitative estimate of drug-likeness (QED) is 0.656. The smallest absolute Gasteiger partial charge is 0.139 e. The molecule has 1 unspecified atom stereocenters. The minimum Gasteiger partial charge on any atom is -0.304 e. The Morgan fingerprint density at radius 2 is 2.12 bits per heavy atom. The van der Waals surface area contributed by atoms with E-state index in [1.807, 2.05) is 20.0 Å². The molecule has 0 saturated carbocycles. The molecule has 0 aliphatic heterocycles. The van der Waals surface area contributed by atoms with Gasteiger partial charge in [0.2, 0.25) is 0 Å². The number of imidazole rings is 1. The summed E-state index contributed by atoms with van der Waals surface area (Å²) in [6.07, 6.45) is 6.46. The summed E-state index contributed by atoms with van der Waals surface area (Å²) >= 11 is 0. The Hall–Kier alpha value is -1.31. The monoisotopic (exact) mass is 216 g/mol. The van der Waals surface area contributed by atoms with Crippen LogP contribution in [-0.4, -0.2) is 9.38 Å². The van der Waals surface area contributed by atoms with Gasteiger partial charge in [0.1, 0.15) is 5.65 Å². The maximum atomic E-state index is 4.38. The number of fused-ring (bicyclic) bond motifs is 3. The van der Waals surface area contributed by atoms with Crippen LogP contribution >= 0.6 is 0 Å². The topological polar surface area (TPSA) is 17.3 Å². The average Bonchev–Trinajstić information content (AvgIpc) is 2.90. The van der Waals surface area contributed by atoms with Gasteiger partial charge in [-0.2, -0.15) is 0 Å². The molecule has 16 heavy (non-hydrogen) atoms. The normalized spacial score (nSPS) is 18.1. The second-order valence-corrected chi connectivity index (χ2v) is 4.29. The van der Waals surface area contributed by atoms with Gasteiger partial charge in [0.25, 0.3) is 0 Å². The van der Waals surface area contributed by atoms with E-state index in [1.54, 1.807) is 0 Å². The zero-order valence-corrected chi connectivity index (χ0v) is 10.6. The number of pyridine rings is 1. The van der Waals surface area contributed by atoms with Crippen molar-refractivity contribution in [3.63, 3.8) is 0 Å². The fourth-order valence-electron chi connectivity index (χ4n) is 2.53. The molecule has 2 heterocycles. The first-order valence-electron chi connectivity index (χ1n) is 6.23. The lowest BCUT2D eigenvalue weighted by Crippen LogP contribution is -1.97. The summed E-state index contributed by atoms with van der Waals surface area (Å²) in [5.74, 6) is 0.718. The van der Waals surface area contributed by atoms with E-state index >= 15 is 0 Å². The summed E-state index contributed by atoms with van der Waals surface area (Å²) in [6.45, 7) is 8.46. The van der Waals surface area contributed by atoms with Crippen LogP contribution in [-0.2, 0) is 6.42 Å². The van der Waals surface area contributed by atoms with Crippen LogP contribution in [0.15, 0.2) is 18.5 Å². The first-order valence-corrected chi connectivity index (χ1v) is 6.23. The van der Waals surface area contributed by atoms with Crippen LogP contribution < -0.4 is 0 Å². The molecule has 2 nitrogen and oxygen atoms in total. The largest absolute Gasteiger partial charge is 0.304 e. The molecule has 2 aromatic rings. The number of aromatic nitrogens is 2. The van der Waals surface area contributed by atoms with Crippen molar-refractivity contribution >= 4 is 5.65 Å². The van der Waals surface area contributed by atoms with Gasteiger partial charge < -0.3 is 4.40 Å². The SMILES string of the molecule is CC.Cc1cc2c(n3ccnc13)CCC2C. The lowest BCUT2D eigenvalue weighted by Gasteiger charge is -2.08. The third kappa shape index (κ3) is 1.53. The molecule has 1 aliphatic rings. The van der Waals surface area contributed by atoms with Crippen LogP contribution in [0.4, 0.5) is 0 Å². The van der Waals surface area contributed by atoms with Crippen LogP contribution in [0, 0.1) is 6.92 Å². The second kappa shape index (κ2) is 4.28. The molecule has 0 aromatic carbocycles. The first-order chi connectivity index (χ1) is 7.77. The summed E-state index contributed by atoms with van der Waals surface area (Å²) in [6, 6.07) is 2.31. The Bertz CT molecular complexity index is 497. The van der Waals surface area contributed by atoms with Gasteiger partial charge in [-0.1, -0.05) is 26.8 Å². The highest BCUT2D eigenvalue weighted by atomic mass is 15.0. The van der Waals surface area contributed by atoms with Crippen molar-refractivity contribution in [2.75, 3.05) is 0 Å². The van der Waals surface area contributed by atoms with Gasteiger partial charge in [-0.25, -0.2) is 4.98 Å². The molecule has 2 aromatic heterocycles. The molecule has 1 aliphatic carbocycles. The van der Waals surface area contributed by atoms with Gasteiger partial charge in [-0.3, -0.25) is 0 Å². The molecule has 0 radical (unpaired) electrons. The summed E-state index contributed by atoms with van der Waals surface area (Å²) in [5.41, 5.74) is 5.41. The zero-order chi connectivity index (χ0) is 11.7. The third-order valence-corrected chi connectivity index (χ3v) is 3.33. The molecule has 0 amide bonds. The fraction of sp³-hybridized carbons (Fsp3) is 0.500. The lowest BCUT2D eigenvalue weighted by atomic mass is 10.0. The number of hydrogen-bond donors (Lipinski definition) is 0. The Labute approximate surface area is 97.3 Å². The number of hydrogen-bond acceptors (Lipinski definition) is 1. The molecule has 0 spiro atoms. The Morgan fingerprint density at radius 1 is 1.38 bits per heavy atom. The van der Waals surface area contributed by atoms with E-state index in [1.165, 1.54) is 29.7 Å². The minimum atomic E-state index is 0.718. The van der Waals surface area contributed by atoms with E-state index in [9.17, 15) is 0 Å². The van der Waals surface area contributed by atoms with E-state index in [4.69, 9.17) is 0 Å². The van der Waals surface area contributed by atoms with Crippen molar-refractivity contribution in [3.8, 4) is 0 Å². The van der Waals surface area contributed by atoms with Crippen molar-refractivity contribution in [1.29, 1.82) is 0 Å². The predicted octanol–water partition coefficient (Wildman–Crippen LogP) is 3.72. The lowest BCUT2D eigenvalue weighted by molar-refractivity contribution is 0.745. The summed E-state index contributed by atoms with van der Waals surface area (Å²) in [4.78, 5) is 4.38. The average molecular weight is 216 g/mol. The van der Waals surface area contributed by atoms with Gasteiger partial charge >= 0.3 is 0 Å². The summed E-state index contributed by atoms with van der Waals surface area (Å²) < 4.78 is 2.26. The van der Waals surface area contributed by atoms with Crippen molar-refractivity contribution in [2.45, 2.75) is 46.5 Å². The standard InChI is InChI=1S/C12H14N2.C2H6/c1-8-3-4-11-10(8)7-9(2)12-13-5-6-14(11)12;1-2/h5-8H,3-4H2,1-2H3;1-2H3. The van der Waals surface area contributed by atoms with Crippen LogP contribution in [0.5, 0.6) is 0 Å². The van der Waals surface area contributed by atoms with Gasteiger partial charge in [0.05, 0.1) is 0 Å². The molecule has 2 heteroatoms. The van der Waals surface area contributed by atoms with Gasteiger partial charge in [-0.05, 0) is 36.8 Å². The van der Waals surface area contributed by atoms with E-state index in [-0.39, 0.29) is 0 Å². The molecule has 86 valence electrons.